The van der Waals surface area contributed by atoms with Crippen LogP contribution < -0.4 is 10.1 Å². The van der Waals surface area contributed by atoms with E-state index in [2.05, 4.69) is 29.3 Å². The van der Waals surface area contributed by atoms with Gasteiger partial charge in [-0.25, -0.2) is 0 Å². The number of hydrogen-bond donors (Lipinski definition) is 1. The molecular weight excluding hydrogens is 276 g/mol. The van der Waals surface area contributed by atoms with E-state index in [1.165, 1.54) is 18.4 Å². The molecule has 0 aromatic heterocycles. The van der Waals surface area contributed by atoms with Crippen LogP contribution in [0.4, 0.5) is 0 Å². The van der Waals surface area contributed by atoms with Crippen molar-refractivity contribution in [3.8, 4) is 5.75 Å². The number of carbonyl (C=O) groups excluding carboxylic acids is 1. The molecule has 2 rings (SSSR count). The molecular formula is C18H28N2O2. The standard InChI is InChI=1S/C18H28N2O2/c1-4-5-12-20(2)13-17(21)19-18(14-6-7-14)15-8-10-16(22-3)11-9-15/h8-11,14,18H,4-7,12-13H2,1-3H3,(H,19,21). The zero-order valence-electron chi connectivity index (χ0n) is 14.0. The van der Waals surface area contributed by atoms with Crippen LogP contribution >= 0.6 is 0 Å². The summed E-state index contributed by atoms with van der Waals surface area (Å²) >= 11 is 0. The monoisotopic (exact) mass is 304 g/mol. The maximum absolute atomic E-state index is 12.3. The van der Waals surface area contributed by atoms with Crippen molar-refractivity contribution >= 4 is 5.91 Å². The summed E-state index contributed by atoms with van der Waals surface area (Å²) in [6.07, 6.45) is 4.68. The third-order valence-corrected chi connectivity index (χ3v) is 4.19. The smallest absolute Gasteiger partial charge is 0.234 e. The lowest BCUT2D eigenvalue weighted by Gasteiger charge is -2.22. The van der Waals surface area contributed by atoms with Crippen LogP contribution in [0.3, 0.4) is 0 Å². The minimum Gasteiger partial charge on any atom is -0.497 e. The number of benzene rings is 1. The van der Waals surface area contributed by atoms with Crippen LogP contribution in [-0.2, 0) is 4.79 Å². The Morgan fingerprint density at radius 3 is 2.59 bits per heavy atom. The first-order valence-electron chi connectivity index (χ1n) is 8.26. The van der Waals surface area contributed by atoms with Gasteiger partial charge in [-0.1, -0.05) is 25.5 Å². The van der Waals surface area contributed by atoms with Crippen molar-refractivity contribution in [3.05, 3.63) is 29.8 Å². The third kappa shape index (κ3) is 5.02. The fraction of sp³-hybridized carbons (Fsp3) is 0.611. The Morgan fingerprint density at radius 1 is 1.36 bits per heavy atom. The molecule has 1 aromatic carbocycles. The number of rotatable bonds is 9. The molecule has 22 heavy (non-hydrogen) atoms. The zero-order chi connectivity index (χ0) is 15.9. The SMILES string of the molecule is CCCCN(C)CC(=O)NC(c1ccc(OC)cc1)C1CC1. The first-order chi connectivity index (χ1) is 10.6. The maximum Gasteiger partial charge on any atom is 0.234 e. The van der Waals surface area contributed by atoms with Gasteiger partial charge in [0.2, 0.25) is 5.91 Å². The molecule has 1 aromatic rings. The summed E-state index contributed by atoms with van der Waals surface area (Å²) < 4.78 is 5.20. The Kier molecular flexibility index (Phi) is 6.25. The van der Waals surface area contributed by atoms with Crippen LogP contribution in [-0.4, -0.2) is 38.1 Å². The number of hydrogen-bond acceptors (Lipinski definition) is 3. The number of amides is 1. The molecule has 0 spiro atoms. The van der Waals surface area contributed by atoms with Gasteiger partial charge in [-0.05, 0) is 56.5 Å². The van der Waals surface area contributed by atoms with Crippen LogP contribution in [0.5, 0.6) is 5.75 Å². The lowest BCUT2D eigenvalue weighted by Crippen LogP contribution is -2.38. The summed E-state index contributed by atoms with van der Waals surface area (Å²) in [7, 11) is 3.68. The van der Waals surface area contributed by atoms with Crippen LogP contribution in [0.1, 0.15) is 44.2 Å². The summed E-state index contributed by atoms with van der Waals surface area (Å²) in [5.41, 5.74) is 1.17. The number of likely N-dealkylation sites (N-methyl/N-ethyl adjacent to an activating group) is 1. The highest BCUT2D eigenvalue weighted by Crippen LogP contribution is 2.41. The van der Waals surface area contributed by atoms with Gasteiger partial charge in [-0.2, -0.15) is 0 Å². The van der Waals surface area contributed by atoms with Crippen LogP contribution in [0.25, 0.3) is 0 Å². The molecule has 4 nitrogen and oxygen atoms in total. The molecule has 1 aliphatic rings. The topological polar surface area (TPSA) is 41.6 Å². The van der Waals surface area contributed by atoms with E-state index in [0.29, 0.717) is 12.5 Å². The van der Waals surface area contributed by atoms with Crippen molar-refractivity contribution in [2.24, 2.45) is 5.92 Å². The average Bonchev–Trinajstić information content (AvgIpc) is 3.35. The van der Waals surface area contributed by atoms with Crippen LogP contribution in [0.2, 0.25) is 0 Å². The van der Waals surface area contributed by atoms with Crippen LogP contribution in [0.15, 0.2) is 24.3 Å². The number of carbonyl (C=O) groups is 1. The predicted octanol–water partition coefficient (Wildman–Crippen LogP) is 2.99. The van der Waals surface area contributed by atoms with Gasteiger partial charge in [0.1, 0.15) is 5.75 Å². The summed E-state index contributed by atoms with van der Waals surface area (Å²) in [6.45, 7) is 3.61. The van der Waals surface area contributed by atoms with E-state index >= 15 is 0 Å². The normalized spacial score (nSPS) is 15.6. The molecule has 1 atom stereocenters. The Bertz CT molecular complexity index is 468. The summed E-state index contributed by atoms with van der Waals surface area (Å²) in [5.74, 6) is 1.55. The lowest BCUT2D eigenvalue weighted by atomic mass is 10.0. The highest BCUT2D eigenvalue weighted by molar-refractivity contribution is 5.78. The van der Waals surface area contributed by atoms with E-state index in [0.717, 1.165) is 25.1 Å². The predicted molar refractivity (Wildman–Crippen MR) is 89.0 cm³/mol. The molecule has 0 radical (unpaired) electrons. The molecule has 1 aliphatic carbocycles. The minimum atomic E-state index is 0.117. The van der Waals surface area contributed by atoms with Crippen molar-refractivity contribution in [1.29, 1.82) is 0 Å². The van der Waals surface area contributed by atoms with E-state index in [4.69, 9.17) is 4.74 Å². The van der Waals surface area contributed by atoms with Crippen molar-refractivity contribution in [3.63, 3.8) is 0 Å². The highest BCUT2D eigenvalue weighted by Gasteiger charge is 2.33. The van der Waals surface area contributed by atoms with E-state index in [-0.39, 0.29) is 11.9 Å². The quantitative estimate of drug-likeness (QED) is 0.762. The van der Waals surface area contributed by atoms with Gasteiger partial charge in [0.25, 0.3) is 0 Å². The van der Waals surface area contributed by atoms with Gasteiger partial charge in [0.15, 0.2) is 0 Å². The summed E-state index contributed by atoms with van der Waals surface area (Å²) in [6, 6.07) is 8.18. The average molecular weight is 304 g/mol. The molecule has 1 unspecified atom stereocenters. The van der Waals surface area contributed by atoms with Crippen molar-refractivity contribution in [1.82, 2.24) is 10.2 Å². The Balaban J connectivity index is 1.92. The van der Waals surface area contributed by atoms with Gasteiger partial charge in [-0.15, -0.1) is 0 Å². The molecule has 1 amide bonds. The van der Waals surface area contributed by atoms with Gasteiger partial charge in [0.05, 0.1) is 19.7 Å². The van der Waals surface area contributed by atoms with Gasteiger partial charge < -0.3 is 10.1 Å². The molecule has 0 saturated heterocycles. The molecule has 1 saturated carbocycles. The molecule has 4 heteroatoms. The van der Waals surface area contributed by atoms with Crippen molar-refractivity contribution < 1.29 is 9.53 Å². The zero-order valence-corrected chi connectivity index (χ0v) is 14.0. The fourth-order valence-electron chi connectivity index (χ4n) is 2.69. The number of nitrogens with one attached hydrogen (secondary N) is 1. The third-order valence-electron chi connectivity index (χ3n) is 4.19. The number of ether oxygens (including phenoxy) is 1. The Morgan fingerprint density at radius 2 is 2.05 bits per heavy atom. The van der Waals surface area contributed by atoms with E-state index in [1.54, 1.807) is 7.11 Å². The maximum atomic E-state index is 12.3. The Labute approximate surface area is 133 Å². The summed E-state index contributed by atoms with van der Waals surface area (Å²) in [5, 5.41) is 3.22. The van der Waals surface area contributed by atoms with E-state index in [1.807, 2.05) is 19.2 Å². The number of unbranched alkanes of at least 4 members (excludes halogenated alkanes) is 1. The second-order valence-corrected chi connectivity index (χ2v) is 6.25. The molecule has 0 heterocycles. The molecule has 122 valence electrons. The second-order valence-electron chi connectivity index (χ2n) is 6.25. The Hall–Kier alpha value is -1.55. The van der Waals surface area contributed by atoms with Crippen molar-refractivity contribution in [2.45, 2.75) is 38.6 Å². The second kappa shape index (κ2) is 8.18. The number of methoxy groups -OCH3 is 1. The first kappa shape index (κ1) is 16.8. The lowest BCUT2D eigenvalue weighted by molar-refractivity contribution is -0.122. The molecule has 1 N–H and O–H groups in total. The van der Waals surface area contributed by atoms with Gasteiger partial charge >= 0.3 is 0 Å². The summed E-state index contributed by atoms with van der Waals surface area (Å²) in [4.78, 5) is 14.4. The van der Waals surface area contributed by atoms with Gasteiger partial charge in [-0.3, -0.25) is 9.69 Å². The van der Waals surface area contributed by atoms with E-state index < -0.39 is 0 Å². The molecule has 0 bridgehead atoms. The first-order valence-corrected chi connectivity index (χ1v) is 8.26. The largest absolute Gasteiger partial charge is 0.497 e. The van der Waals surface area contributed by atoms with Crippen molar-refractivity contribution in [2.75, 3.05) is 27.2 Å². The fourth-order valence-corrected chi connectivity index (χ4v) is 2.69. The van der Waals surface area contributed by atoms with E-state index in [9.17, 15) is 4.79 Å². The highest BCUT2D eigenvalue weighted by atomic mass is 16.5. The van der Waals surface area contributed by atoms with Gasteiger partial charge in [0, 0.05) is 0 Å². The minimum absolute atomic E-state index is 0.117. The molecule has 0 aliphatic heterocycles. The number of nitrogens with zero attached hydrogens (tertiary/aromatic N) is 1. The van der Waals surface area contributed by atoms with Crippen LogP contribution in [0, 0.1) is 5.92 Å². The molecule has 1 fully saturated rings.